The Hall–Kier alpha value is 0. The van der Waals surface area contributed by atoms with E-state index in [-0.39, 0.29) is 14.9 Å². The molecule has 0 aromatic heterocycles. The molecule has 0 radical (unpaired) electrons. The minimum Gasteiger partial charge on any atom is -0.0776 e. The van der Waals surface area contributed by atoms with E-state index >= 15 is 0 Å². The lowest BCUT2D eigenvalue weighted by molar-refractivity contribution is 0.218. The van der Waals surface area contributed by atoms with Gasteiger partial charge in [-0.1, -0.05) is 79.6 Å². The van der Waals surface area contributed by atoms with Gasteiger partial charge in [0, 0.05) is 0 Å². The highest BCUT2D eigenvalue weighted by Crippen LogP contribution is 2.36. The van der Waals surface area contributed by atoms with Crippen LogP contribution in [0.5, 0.6) is 0 Å². The summed E-state index contributed by atoms with van der Waals surface area (Å²) >= 11 is 0. The van der Waals surface area contributed by atoms with Gasteiger partial charge in [0.25, 0.3) is 0 Å². The van der Waals surface area contributed by atoms with E-state index in [4.69, 9.17) is 0 Å². The van der Waals surface area contributed by atoms with Crippen LogP contribution in [0.2, 0.25) is 0 Å². The van der Waals surface area contributed by atoms with Gasteiger partial charge in [0.05, 0.1) is 0 Å². The van der Waals surface area contributed by atoms with Gasteiger partial charge in [-0.15, -0.1) is 0 Å². The Kier molecular flexibility index (Phi) is 8.14. The summed E-state index contributed by atoms with van der Waals surface area (Å²) in [5, 5.41) is 0. The monoisotopic (exact) mass is 226 g/mol. The largest absolute Gasteiger partial charge is 0.0776 e. The van der Waals surface area contributed by atoms with Crippen LogP contribution in [0.1, 0.15) is 86.0 Å². The van der Waals surface area contributed by atoms with Crippen molar-refractivity contribution in [3.05, 3.63) is 0 Å². The van der Waals surface area contributed by atoms with E-state index < -0.39 is 0 Å². The summed E-state index contributed by atoms with van der Waals surface area (Å²) in [6.45, 7) is 2.43. The lowest BCUT2D eigenvalue weighted by atomic mass is 9.75. The van der Waals surface area contributed by atoms with Crippen molar-refractivity contribution in [2.75, 3.05) is 0 Å². The summed E-state index contributed by atoms with van der Waals surface area (Å²) < 4.78 is 0. The molecular formula is C16H34. The van der Waals surface area contributed by atoms with Gasteiger partial charge >= 0.3 is 0 Å². The van der Waals surface area contributed by atoms with Gasteiger partial charge in [0.2, 0.25) is 0 Å². The molecule has 2 rings (SSSR count). The predicted octanol–water partition coefficient (Wildman–Crippen LogP) is 6.06. The highest BCUT2D eigenvalue weighted by atomic mass is 14.3. The molecule has 0 unspecified atom stereocenters. The summed E-state index contributed by atoms with van der Waals surface area (Å²) in [6, 6.07) is 0. The van der Waals surface area contributed by atoms with Crippen LogP contribution >= 0.6 is 0 Å². The van der Waals surface area contributed by atoms with Crippen molar-refractivity contribution in [3.8, 4) is 0 Å². The Morgan fingerprint density at radius 3 is 1.75 bits per heavy atom. The van der Waals surface area contributed by atoms with Gasteiger partial charge < -0.3 is 0 Å². The zero-order chi connectivity index (χ0) is 9.80. The summed E-state index contributed by atoms with van der Waals surface area (Å²) in [6.07, 6.45) is 15.3. The summed E-state index contributed by atoms with van der Waals surface area (Å²) in [4.78, 5) is 0. The maximum atomic E-state index is 2.43. The molecule has 0 N–H and O–H groups in total. The van der Waals surface area contributed by atoms with E-state index in [0.717, 1.165) is 17.8 Å². The van der Waals surface area contributed by atoms with Crippen molar-refractivity contribution in [1.29, 1.82) is 0 Å². The van der Waals surface area contributed by atoms with Crippen LogP contribution in [0, 0.1) is 17.8 Å². The minimum atomic E-state index is 0. The Labute approximate surface area is 104 Å². The first-order valence-electron chi connectivity index (χ1n) is 6.84. The van der Waals surface area contributed by atoms with Crippen LogP contribution in [0.3, 0.4) is 0 Å². The smallest absolute Gasteiger partial charge is 0.0411 e. The molecule has 0 heterocycles. The minimum absolute atomic E-state index is 0. The fraction of sp³-hybridized carbons (Fsp3) is 1.00. The lowest BCUT2D eigenvalue weighted by Crippen LogP contribution is -2.17. The number of rotatable bonds is 2. The SMILES string of the molecule is C.C.CC1CCC(CC2CCCCC2)CC1. The Morgan fingerprint density at radius 2 is 1.19 bits per heavy atom. The van der Waals surface area contributed by atoms with Crippen molar-refractivity contribution in [2.45, 2.75) is 86.0 Å². The topological polar surface area (TPSA) is 0 Å². The van der Waals surface area contributed by atoms with E-state index in [1.54, 1.807) is 19.3 Å². The molecule has 0 aromatic rings. The molecule has 0 nitrogen and oxygen atoms in total. The maximum absolute atomic E-state index is 2.43. The Bertz CT molecular complexity index is 147. The number of hydrogen-bond donors (Lipinski definition) is 0. The first-order chi connectivity index (χ1) is 6.84. The first-order valence-corrected chi connectivity index (χ1v) is 6.84. The molecule has 98 valence electrons. The first kappa shape index (κ1) is 16.0. The second-order valence-corrected chi connectivity index (χ2v) is 5.87. The molecule has 0 amide bonds. The highest BCUT2D eigenvalue weighted by Gasteiger charge is 2.22. The van der Waals surface area contributed by atoms with E-state index in [2.05, 4.69) is 6.92 Å². The molecule has 16 heavy (non-hydrogen) atoms. The Morgan fingerprint density at radius 1 is 0.688 bits per heavy atom. The average molecular weight is 226 g/mol. The summed E-state index contributed by atoms with van der Waals surface area (Å²) in [5.41, 5.74) is 0. The highest BCUT2D eigenvalue weighted by molar-refractivity contribution is 4.75. The normalized spacial score (nSPS) is 31.3. The lowest BCUT2D eigenvalue weighted by Gasteiger charge is -2.31. The van der Waals surface area contributed by atoms with Crippen molar-refractivity contribution in [3.63, 3.8) is 0 Å². The standard InChI is InChI=1S/C14H26.2CH4/c1-12-7-9-14(10-8-12)11-13-5-3-2-4-6-13;;/h12-14H,2-11H2,1H3;2*1H4. The molecule has 0 spiro atoms. The molecular weight excluding hydrogens is 192 g/mol. The van der Waals surface area contributed by atoms with E-state index in [0.29, 0.717) is 0 Å². The second kappa shape index (κ2) is 8.14. The van der Waals surface area contributed by atoms with Gasteiger partial charge in [-0.3, -0.25) is 0 Å². The van der Waals surface area contributed by atoms with Crippen LogP contribution in [0.15, 0.2) is 0 Å². The van der Waals surface area contributed by atoms with Crippen LogP contribution < -0.4 is 0 Å². The molecule has 2 aliphatic rings. The quantitative estimate of drug-likeness (QED) is 0.537. The molecule has 2 saturated carbocycles. The maximum Gasteiger partial charge on any atom is -0.0411 e. The van der Waals surface area contributed by atoms with Gasteiger partial charge in [-0.2, -0.15) is 0 Å². The molecule has 2 aliphatic carbocycles. The average Bonchev–Trinajstić information content (AvgIpc) is 2.23. The molecule has 0 aliphatic heterocycles. The van der Waals surface area contributed by atoms with Crippen LogP contribution in [0.25, 0.3) is 0 Å². The van der Waals surface area contributed by atoms with Crippen molar-refractivity contribution in [2.24, 2.45) is 17.8 Å². The predicted molar refractivity (Wildman–Crippen MR) is 75.8 cm³/mol. The summed E-state index contributed by atoms with van der Waals surface area (Å²) in [5.74, 6) is 3.24. The third-order valence-electron chi connectivity index (χ3n) is 4.53. The van der Waals surface area contributed by atoms with E-state index in [9.17, 15) is 0 Å². The van der Waals surface area contributed by atoms with Crippen LogP contribution in [-0.4, -0.2) is 0 Å². The second-order valence-electron chi connectivity index (χ2n) is 5.87. The van der Waals surface area contributed by atoms with Crippen molar-refractivity contribution < 1.29 is 0 Å². The van der Waals surface area contributed by atoms with E-state index in [1.165, 1.54) is 44.9 Å². The van der Waals surface area contributed by atoms with Gasteiger partial charge in [0.1, 0.15) is 0 Å². The fourth-order valence-electron chi connectivity index (χ4n) is 3.46. The molecule has 0 bridgehead atoms. The molecule has 0 atom stereocenters. The molecule has 0 saturated heterocycles. The third kappa shape index (κ3) is 4.89. The molecule has 0 heteroatoms. The fourth-order valence-corrected chi connectivity index (χ4v) is 3.46. The Balaban J connectivity index is 0.00000112. The zero-order valence-electron chi connectivity index (χ0n) is 9.80. The summed E-state index contributed by atoms with van der Waals surface area (Å²) in [7, 11) is 0. The van der Waals surface area contributed by atoms with Crippen LogP contribution in [0.4, 0.5) is 0 Å². The van der Waals surface area contributed by atoms with Crippen LogP contribution in [-0.2, 0) is 0 Å². The number of hydrogen-bond acceptors (Lipinski definition) is 0. The zero-order valence-corrected chi connectivity index (χ0v) is 9.80. The van der Waals surface area contributed by atoms with Gasteiger partial charge in [-0.25, -0.2) is 0 Å². The molecule has 0 aromatic carbocycles. The van der Waals surface area contributed by atoms with Gasteiger partial charge in [-0.05, 0) is 24.2 Å². The van der Waals surface area contributed by atoms with Crippen molar-refractivity contribution >= 4 is 0 Å². The van der Waals surface area contributed by atoms with E-state index in [1.807, 2.05) is 0 Å². The van der Waals surface area contributed by atoms with Gasteiger partial charge in [0.15, 0.2) is 0 Å². The van der Waals surface area contributed by atoms with Crippen molar-refractivity contribution in [1.82, 2.24) is 0 Å². The molecule has 2 fully saturated rings. The third-order valence-corrected chi connectivity index (χ3v) is 4.53.